The van der Waals surface area contributed by atoms with Gasteiger partial charge in [-0.05, 0) is 31.2 Å². The summed E-state index contributed by atoms with van der Waals surface area (Å²) in [6, 6.07) is 6.97. The van der Waals surface area contributed by atoms with Crippen LogP contribution in [0.5, 0.6) is 0 Å². The standard InChI is InChI=1S/C15H14N2O5S/c1-3-8-16-23(19,20)14-6-4-12(5-7-14)15(18)21-10-13-9-11(2)17-22-13/h1,4-7,9,16H,8,10H2,2H3. The number of hydrogen-bond acceptors (Lipinski definition) is 6. The molecule has 0 aliphatic heterocycles. The third-order valence-electron chi connectivity index (χ3n) is 2.79. The van der Waals surface area contributed by atoms with E-state index in [1.54, 1.807) is 13.0 Å². The Balaban J connectivity index is 2.01. The first-order valence-corrected chi connectivity index (χ1v) is 8.03. The minimum absolute atomic E-state index is 0.00941. The number of nitrogens with zero attached hydrogens (tertiary/aromatic N) is 1. The molecule has 0 aliphatic rings. The number of hydrogen-bond donors (Lipinski definition) is 1. The molecule has 0 saturated carbocycles. The topological polar surface area (TPSA) is 98.5 Å². The Morgan fingerprint density at radius 3 is 2.65 bits per heavy atom. The summed E-state index contributed by atoms with van der Waals surface area (Å²) in [5.74, 6) is 2.01. The molecular formula is C15H14N2O5S. The zero-order chi connectivity index (χ0) is 16.9. The van der Waals surface area contributed by atoms with Crippen LogP contribution in [0.15, 0.2) is 39.8 Å². The van der Waals surface area contributed by atoms with Gasteiger partial charge in [-0.1, -0.05) is 11.1 Å². The highest BCUT2D eigenvalue weighted by Gasteiger charge is 2.15. The highest BCUT2D eigenvalue weighted by molar-refractivity contribution is 7.89. The predicted octanol–water partition coefficient (Wildman–Crippen LogP) is 1.25. The van der Waals surface area contributed by atoms with Gasteiger partial charge in [0, 0.05) is 6.07 Å². The van der Waals surface area contributed by atoms with E-state index in [9.17, 15) is 13.2 Å². The van der Waals surface area contributed by atoms with E-state index in [4.69, 9.17) is 15.7 Å². The molecule has 1 N–H and O–H groups in total. The van der Waals surface area contributed by atoms with Gasteiger partial charge in [0.15, 0.2) is 12.4 Å². The normalized spacial score (nSPS) is 11.0. The summed E-state index contributed by atoms with van der Waals surface area (Å²) in [5.41, 5.74) is 0.905. The molecule has 0 aliphatic carbocycles. The highest BCUT2D eigenvalue weighted by atomic mass is 32.2. The van der Waals surface area contributed by atoms with E-state index in [0.717, 1.165) is 0 Å². The molecule has 0 saturated heterocycles. The molecule has 120 valence electrons. The predicted molar refractivity (Wildman–Crippen MR) is 80.8 cm³/mol. The second kappa shape index (κ2) is 7.09. The van der Waals surface area contributed by atoms with E-state index in [1.165, 1.54) is 24.3 Å². The molecule has 2 aromatic rings. The minimum atomic E-state index is -3.69. The Bertz CT molecular complexity index is 831. The highest BCUT2D eigenvalue weighted by Crippen LogP contribution is 2.12. The van der Waals surface area contributed by atoms with E-state index >= 15 is 0 Å². The lowest BCUT2D eigenvalue weighted by atomic mass is 10.2. The third kappa shape index (κ3) is 4.42. The van der Waals surface area contributed by atoms with Crippen LogP contribution in [0.3, 0.4) is 0 Å². The van der Waals surface area contributed by atoms with Crippen molar-refractivity contribution in [2.45, 2.75) is 18.4 Å². The summed E-state index contributed by atoms with van der Waals surface area (Å²) in [6.07, 6.45) is 5.01. The number of ether oxygens (including phenoxy) is 1. The van der Waals surface area contributed by atoms with Crippen LogP contribution in [0.25, 0.3) is 0 Å². The maximum atomic E-state index is 11.9. The van der Waals surface area contributed by atoms with Crippen molar-refractivity contribution in [1.82, 2.24) is 9.88 Å². The van der Waals surface area contributed by atoms with Crippen LogP contribution in [-0.4, -0.2) is 26.1 Å². The molecule has 7 nitrogen and oxygen atoms in total. The Kier molecular flexibility index (Phi) is 5.16. The van der Waals surface area contributed by atoms with Gasteiger partial charge in [0.1, 0.15) is 0 Å². The van der Waals surface area contributed by atoms with Crippen molar-refractivity contribution in [2.24, 2.45) is 0 Å². The van der Waals surface area contributed by atoms with Crippen LogP contribution in [0, 0.1) is 19.3 Å². The third-order valence-corrected chi connectivity index (χ3v) is 4.20. The van der Waals surface area contributed by atoms with Gasteiger partial charge in [0.2, 0.25) is 10.0 Å². The number of carbonyl (C=O) groups excluding carboxylic acids is 1. The lowest BCUT2D eigenvalue weighted by Crippen LogP contribution is -2.23. The van der Waals surface area contributed by atoms with Crippen molar-refractivity contribution in [3.63, 3.8) is 0 Å². The maximum absolute atomic E-state index is 11.9. The van der Waals surface area contributed by atoms with Gasteiger partial charge in [-0.2, -0.15) is 4.72 Å². The molecule has 0 bridgehead atoms. The van der Waals surface area contributed by atoms with Crippen LogP contribution >= 0.6 is 0 Å². The zero-order valence-corrected chi connectivity index (χ0v) is 13.1. The molecule has 0 spiro atoms. The van der Waals surface area contributed by atoms with Crippen molar-refractivity contribution in [3.05, 3.63) is 47.3 Å². The summed E-state index contributed by atoms with van der Waals surface area (Å²) in [5, 5.41) is 3.68. The molecule has 8 heteroatoms. The smallest absolute Gasteiger partial charge is 0.338 e. The van der Waals surface area contributed by atoms with E-state index in [2.05, 4.69) is 15.8 Å². The number of rotatable bonds is 6. The molecule has 1 aromatic heterocycles. The average molecular weight is 334 g/mol. The largest absolute Gasteiger partial charge is 0.454 e. The Hall–Kier alpha value is -2.63. The van der Waals surface area contributed by atoms with Crippen molar-refractivity contribution >= 4 is 16.0 Å². The summed E-state index contributed by atoms with van der Waals surface area (Å²) in [6.45, 7) is 1.59. The van der Waals surface area contributed by atoms with Crippen molar-refractivity contribution in [1.29, 1.82) is 0 Å². The maximum Gasteiger partial charge on any atom is 0.338 e. The number of carbonyl (C=O) groups is 1. The first-order valence-electron chi connectivity index (χ1n) is 6.55. The Labute approximate surface area is 133 Å². The number of nitrogens with one attached hydrogen (secondary N) is 1. The lowest BCUT2D eigenvalue weighted by molar-refractivity contribution is 0.0437. The van der Waals surface area contributed by atoms with Crippen LogP contribution in [0.4, 0.5) is 0 Å². The first kappa shape index (κ1) is 16.7. The van der Waals surface area contributed by atoms with E-state index in [-0.39, 0.29) is 23.6 Å². The molecule has 1 aromatic carbocycles. The van der Waals surface area contributed by atoms with Crippen LogP contribution in [0.2, 0.25) is 0 Å². The number of esters is 1. The molecule has 1 heterocycles. The fourth-order valence-electron chi connectivity index (χ4n) is 1.69. The average Bonchev–Trinajstić information content (AvgIpc) is 2.96. The fourth-order valence-corrected chi connectivity index (χ4v) is 2.63. The number of terminal acetylenes is 1. The molecular weight excluding hydrogens is 320 g/mol. The molecule has 0 unspecified atom stereocenters. The van der Waals surface area contributed by atoms with Gasteiger partial charge >= 0.3 is 5.97 Å². The van der Waals surface area contributed by atoms with Gasteiger partial charge in [-0.25, -0.2) is 13.2 Å². The van der Waals surface area contributed by atoms with E-state index in [0.29, 0.717) is 11.5 Å². The van der Waals surface area contributed by atoms with Crippen LogP contribution < -0.4 is 4.72 Å². The summed E-state index contributed by atoms with van der Waals surface area (Å²) in [4.78, 5) is 11.9. The minimum Gasteiger partial charge on any atom is -0.454 e. The lowest BCUT2D eigenvalue weighted by Gasteiger charge is -2.06. The summed E-state index contributed by atoms with van der Waals surface area (Å²) < 4.78 is 35.9. The zero-order valence-electron chi connectivity index (χ0n) is 12.3. The van der Waals surface area contributed by atoms with E-state index in [1.807, 2.05) is 0 Å². The summed E-state index contributed by atoms with van der Waals surface area (Å²) >= 11 is 0. The van der Waals surface area contributed by atoms with Crippen molar-refractivity contribution < 1.29 is 22.5 Å². The van der Waals surface area contributed by atoms with Gasteiger partial charge in [0.25, 0.3) is 0 Å². The monoisotopic (exact) mass is 334 g/mol. The molecule has 0 atom stereocenters. The Morgan fingerprint density at radius 2 is 2.09 bits per heavy atom. The second-order valence-electron chi connectivity index (χ2n) is 4.56. The number of sulfonamides is 1. The molecule has 0 radical (unpaired) electrons. The number of benzene rings is 1. The van der Waals surface area contributed by atoms with Crippen molar-refractivity contribution in [3.8, 4) is 12.3 Å². The van der Waals surface area contributed by atoms with Crippen molar-refractivity contribution in [2.75, 3.05) is 6.54 Å². The van der Waals surface area contributed by atoms with Crippen LogP contribution in [-0.2, 0) is 21.4 Å². The SMILES string of the molecule is C#CCNS(=O)(=O)c1ccc(C(=O)OCc2cc(C)no2)cc1. The quantitative estimate of drug-likeness (QED) is 0.630. The Morgan fingerprint density at radius 1 is 1.39 bits per heavy atom. The van der Waals surface area contributed by atoms with E-state index < -0.39 is 16.0 Å². The molecule has 2 rings (SSSR count). The molecule has 23 heavy (non-hydrogen) atoms. The van der Waals surface area contributed by atoms with Gasteiger partial charge in [-0.15, -0.1) is 6.42 Å². The first-order chi connectivity index (χ1) is 10.9. The second-order valence-corrected chi connectivity index (χ2v) is 6.33. The number of aromatic nitrogens is 1. The molecule has 0 amide bonds. The van der Waals surface area contributed by atoms with Gasteiger partial charge in [-0.3, -0.25) is 0 Å². The fraction of sp³-hybridized carbons (Fsp3) is 0.200. The molecule has 0 fully saturated rings. The summed E-state index contributed by atoms with van der Waals surface area (Å²) in [7, 11) is -3.69. The number of aryl methyl sites for hydroxylation is 1. The van der Waals surface area contributed by atoms with Crippen LogP contribution in [0.1, 0.15) is 21.8 Å². The van der Waals surface area contributed by atoms with Gasteiger partial charge < -0.3 is 9.26 Å². The van der Waals surface area contributed by atoms with Gasteiger partial charge in [0.05, 0.1) is 22.7 Å².